The Kier molecular flexibility index (Phi) is 6.88. The lowest BCUT2D eigenvalue weighted by molar-refractivity contribution is -0.385. The summed E-state index contributed by atoms with van der Waals surface area (Å²) in [5.41, 5.74) is 7.72. The summed E-state index contributed by atoms with van der Waals surface area (Å²) in [5.74, 6) is 0.599. The third-order valence-electron chi connectivity index (χ3n) is 2.91. The molecule has 0 radical (unpaired) electrons. The van der Waals surface area contributed by atoms with Crippen molar-refractivity contribution in [1.82, 2.24) is 0 Å². The number of hydrogen-bond acceptors (Lipinski definition) is 3. The molecule has 2 N–H and O–H groups in total. The average molecular weight is 273 g/mol. The molecule has 0 bridgehead atoms. The molecule has 0 heterocycles. The molecule has 0 aliphatic heterocycles. The van der Waals surface area contributed by atoms with E-state index in [0.717, 1.165) is 18.4 Å². The molecular weight excluding hydrogens is 252 g/mol. The minimum absolute atomic E-state index is 0. The number of hydrogen-bond donors (Lipinski definition) is 1. The quantitative estimate of drug-likeness (QED) is 0.655. The average Bonchev–Trinajstić information content (AvgIpc) is 2.26. The van der Waals surface area contributed by atoms with E-state index in [1.54, 1.807) is 19.1 Å². The van der Waals surface area contributed by atoms with Gasteiger partial charge in [0.05, 0.1) is 4.92 Å². The topological polar surface area (TPSA) is 69.2 Å². The van der Waals surface area contributed by atoms with Gasteiger partial charge in [-0.15, -0.1) is 12.4 Å². The van der Waals surface area contributed by atoms with Gasteiger partial charge in [0.25, 0.3) is 5.69 Å². The van der Waals surface area contributed by atoms with E-state index in [9.17, 15) is 10.1 Å². The van der Waals surface area contributed by atoms with Crippen molar-refractivity contribution in [3.05, 3.63) is 39.4 Å². The van der Waals surface area contributed by atoms with Crippen molar-refractivity contribution in [2.75, 3.05) is 0 Å². The van der Waals surface area contributed by atoms with E-state index in [-0.39, 0.29) is 29.1 Å². The van der Waals surface area contributed by atoms with E-state index in [1.165, 1.54) is 0 Å². The van der Waals surface area contributed by atoms with Gasteiger partial charge >= 0.3 is 0 Å². The molecule has 0 aliphatic rings. The van der Waals surface area contributed by atoms with Gasteiger partial charge in [0.1, 0.15) is 0 Å². The number of aryl methyl sites for hydroxylation is 1. The number of rotatable bonds is 5. The third kappa shape index (κ3) is 4.63. The van der Waals surface area contributed by atoms with Crippen LogP contribution in [0.1, 0.15) is 43.9 Å². The molecule has 0 fully saturated rings. The minimum atomic E-state index is -0.353. The predicted octanol–water partition coefficient (Wildman–Crippen LogP) is 3.76. The Morgan fingerprint density at radius 3 is 2.44 bits per heavy atom. The van der Waals surface area contributed by atoms with Crippen molar-refractivity contribution >= 4 is 18.1 Å². The van der Waals surface area contributed by atoms with E-state index in [4.69, 9.17) is 5.73 Å². The van der Waals surface area contributed by atoms with Crippen molar-refractivity contribution in [3.8, 4) is 0 Å². The molecule has 1 aromatic rings. The smallest absolute Gasteiger partial charge is 0.272 e. The number of nitro benzene ring substituents is 1. The maximum atomic E-state index is 10.8. The first kappa shape index (κ1) is 16.9. The van der Waals surface area contributed by atoms with E-state index in [2.05, 4.69) is 13.8 Å². The Balaban J connectivity index is 0.00000289. The zero-order valence-electron chi connectivity index (χ0n) is 11.1. The summed E-state index contributed by atoms with van der Waals surface area (Å²) in [6, 6.07) is 5.13. The van der Waals surface area contributed by atoms with Crippen molar-refractivity contribution in [3.63, 3.8) is 0 Å². The van der Waals surface area contributed by atoms with E-state index in [0.29, 0.717) is 11.5 Å². The number of nitro groups is 1. The molecule has 0 aromatic heterocycles. The lowest BCUT2D eigenvalue weighted by atomic mass is 9.97. The molecule has 0 unspecified atom stereocenters. The third-order valence-corrected chi connectivity index (χ3v) is 2.91. The molecule has 0 saturated carbocycles. The molecule has 1 rings (SSSR count). The summed E-state index contributed by atoms with van der Waals surface area (Å²) in [4.78, 5) is 10.5. The summed E-state index contributed by atoms with van der Waals surface area (Å²) in [5, 5.41) is 10.8. The summed E-state index contributed by atoms with van der Waals surface area (Å²) in [6.07, 6.45) is 1.89. The molecule has 5 heteroatoms. The Labute approximate surface area is 114 Å². The number of benzene rings is 1. The first-order valence-corrected chi connectivity index (χ1v) is 5.92. The summed E-state index contributed by atoms with van der Waals surface area (Å²) in [6.45, 7) is 6.02. The van der Waals surface area contributed by atoms with Crippen LogP contribution in [0.4, 0.5) is 5.69 Å². The largest absolute Gasteiger partial charge is 0.324 e. The number of nitrogens with two attached hydrogens (primary N) is 1. The van der Waals surface area contributed by atoms with Gasteiger partial charge in [-0.3, -0.25) is 10.1 Å². The van der Waals surface area contributed by atoms with Gasteiger partial charge in [-0.1, -0.05) is 26.0 Å². The SMILES string of the molecule is Cc1ccc([C@H](N)CCC(C)C)cc1[N+](=O)[O-].Cl. The van der Waals surface area contributed by atoms with Gasteiger partial charge in [-0.2, -0.15) is 0 Å². The maximum absolute atomic E-state index is 10.8. The molecule has 18 heavy (non-hydrogen) atoms. The highest BCUT2D eigenvalue weighted by Crippen LogP contribution is 2.25. The Morgan fingerprint density at radius 2 is 1.94 bits per heavy atom. The van der Waals surface area contributed by atoms with Crippen LogP contribution < -0.4 is 5.73 Å². The molecule has 0 amide bonds. The summed E-state index contributed by atoms with van der Waals surface area (Å²) < 4.78 is 0. The van der Waals surface area contributed by atoms with Crippen LogP contribution in [0.15, 0.2) is 18.2 Å². The van der Waals surface area contributed by atoms with Crippen LogP contribution in [0.25, 0.3) is 0 Å². The highest BCUT2D eigenvalue weighted by molar-refractivity contribution is 5.85. The van der Waals surface area contributed by atoms with E-state index >= 15 is 0 Å². The van der Waals surface area contributed by atoms with Crippen molar-refractivity contribution < 1.29 is 4.92 Å². The van der Waals surface area contributed by atoms with Gasteiger partial charge in [0.2, 0.25) is 0 Å². The highest BCUT2D eigenvalue weighted by atomic mass is 35.5. The fraction of sp³-hybridized carbons (Fsp3) is 0.538. The van der Waals surface area contributed by atoms with Crippen molar-refractivity contribution in [1.29, 1.82) is 0 Å². The van der Waals surface area contributed by atoms with E-state index < -0.39 is 0 Å². The van der Waals surface area contributed by atoms with Crippen LogP contribution in [0, 0.1) is 23.0 Å². The summed E-state index contributed by atoms with van der Waals surface area (Å²) in [7, 11) is 0. The predicted molar refractivity (Wildman–Crippen MR) is 76.1 cm³/mol. The Morgan fingerprint density at radius 1 is 1.33 bits per heavy atom. The molecular formula is C13H21ClN2O2. The van der Waals surface area contributed by atoms with Crippen LogP contribution in [-0.2, 0) is 0 Å². The Hall–Kier alpha value is -1.13. The lowest BCUT2D eigenvalue weighted by Crippen LogP contribution is -2.11. The van der Waals surface area contributed by atoms with Crippen LogP contribution in [0.3, 0.4) is 0 Å². The molecule has 4 nitrogen and oxygen atoms in total. The fourth-order valence-electron chi connectivity index (χ4n) is 1.73. The molecule has 0 saturated heterocycles. The van der Waals surface area contributed by atoms with Crippen LogP contribution in [0.2, 0.25) is 0 Å². The number of nitrogens with zero attached hydrogens (tertiary/aromatic N) is 1. The van der Waals surface area contributed by atoms with Gasteiger partial charge in [-0.25, -0.2) is 0 Å². The van der Waals surface area contributed by atoms with Gasteiger partial charge in [-0.05, 0) is 31.2 Å². The Bertz CT molecular complexity index is 408. The lowest BCUT2D eigenvalue weighted by Gasteiger charge is -2.13. The van der Waals surface area contributed by atoms with Crippen LogP contribution >= 0.6 is 12.4 Å². The molecule has 1 atom stereocenters. The van der Waals surface area contributed by atoms with Gasteiger partial charge < -0.3 is 5.73 Å². The normalized spacial score (nSPS) is 12.1. The van der Waals surface area contributed by atoms with E-state index in [1.807, 2.05) is 6.07 Å². The first-order valence-electron chi connectivity index (χ1n) is 5.92. The maximum Gasteiger partial charge on any atom is 0.272 e. The molecule has 0 spiro atoms. The second-order valence-corrected chi connectivity index (χ2v) is 4.88. The van der Waals surface area contributed by atoms with Crippen molar-refractivity contribution in [2.45, 2.75) is 39.7 Å². The second-order valence-electron chi connectivity index (χ2n) is 4.88. The monoisotopic (exact) mass is 272 g/mol. The fourth-order valence-corrected chi connectivity index (χ4v) is 1.73. The van der Waals surface area contributed by atoms with Crippen molar-refractivity contribution in [2.24, 2.45) is 11.7 Å². The standard InChI is InChI=1S/C13H20N2O2.ClH/c1-9(2)4-7-12(14)11-6-5-10(3)13(8-11)15(16)17;/h5-6,8-9,12H,4,7,14H2,1-3H3;1H/t12-;/m1./s1. The van der Waals surface area contributed by atoms with Crippen LogP contribution in [0.5, 0.6) is 0 Å². The molecule has 0 aliphatic carbocycles. The zero-order chi connectivity index (χ0) is 13.0. The zero-order valence-corrected chi connectivity index (χ0v) is 11.9. The minimum Gasteiger partial charge on any atom is -0.324 e. The summed E-state index contributed by atoms with van der Waals surface area (Å²) >= 11 is 0. The molecule has 102 valence electrons. The van der Waals surface area contributed by atoms with Crippen LogP contribution in [-0.4, -0.2) is 4.92 Å². The molecule has 1 aromatic carbocycles. The second kappa shape index (κ2) is 7.34. The van der Waals surface area contributed by atoms with Gasteiger partial charge in [0.15, 0.2) is 0 Å². The number of halogens is 1. The highest BCUT2D eigenvalue weighted by Gasteiger charge is 2.14. The van der Waals surface area contributed by atoms with Gasteiger partial charge in [0, 0.05) is 17.7 Å². The first-order chi connectivity index (χ1) is 7.91.